The molecule has 0 atom stereocenters. The summed E-state index contributed by atoms with van der Waals surface area (Å²) in [6.07, 6.45) is 0. The van der Waals surface area contributed by atoms with Crippen LogP contribution in [0.1, 0.15) is 27.0 Å². The molecular weight excluding hydrogens is 311 g/mol. The summed E-state index contributed by atoms with van der Waals surface area (Å²) in [4.78, 5) is 12.3. The van der Waals surface area contributed by atoms with E-state index in [0.29, 0.717) is 23.2 Å². The first kappa shape index (κ1) is 12.5. The van der Waals surface area contributed by atoms with Crippen LogP contribution in [0.2, 0.25) is 0 Å². The van der Waals surface area contributed by atoms with Crippen molar-refractivity contribution in [1.29, 1.82) is 0 Å². The molecule has 0 fully saturated rings. The quantitative estimate of drug-likeness (QED) is 0.786. The average Bonchev–Trinajstić information content (AvgIpc) is 2.85. The summed E-state index contributed by atoms with van der Waals surface area (Å²) < 4.78 is 19.7. The predicted octanol–water partition coefficient (Wildman–Crippen LogP) is 3.85. The van der Waals surface area contributed by atoms with Gasteiger partial charge in [-0.05, 0) is 35.4 Å². The Morgan fingerprint density at radius 1 is 1.11 bits per heavy atom. The van der Waals surface area contributed by atoms with Crippen molar-refractivity contribution in [3.8, 4) is 0 Å². The van der Waals surface area contributed by atoms with Crippen molar-refractivity contribution in [3.63, 3.8) is 0 Å². The van der Waals surface area contributed by atoms with Crippen LogP contribution in [0.3, 0.4) is 0 Å². The first-order valence-electron chi connectivity index (χ1n) is 5.84. The van der Waals surface area contributed by atoms with Crippen LogP contribution >= 0.6 is 15.9 Å². The Balaban J connectivity index is 2.00. The van der Waals surface area contributed by atoms with Crippen LogP contribution in [0.4, 0.5) is 4.39 Å². The molecule has 0 radical (unpaired) electrons. The van der Waals surface area contributed by atoms with Gasteiger partial charge in [-0.1, -0.05) is 28.1 Å². The van der Waals surface area contributed by atoms with Crippen LogP contribution < -0.4 is 0 Å². The Hall–Kier alpha value is -1.52. The van der Waals surface area contributed by atoms with Gasteiger partial charge in [0.1, 0.15) is 5.82 Å². The van der Waals surface area contributed by atoms with Crippen LogP contribution in [-0.4, -0.2) is 5.78 Å². The van der Waals surface area contributed by atoms with Crippen molar-refractivity contribution in [2.45, 2.75) is 13.2 Å². The summed E-state index contributed by atoms with van der Waals surface area (Å²) in [5.41, 5.74) is 2.67. The summed E-state index contributed by atoms with van der Waals surface area (Å²) in [7, 11) is 0. The fourth-order valence-corrected chi connectivity index (χ4v) is 2.48. The molecule has 1 aliphatic heterocycles. The van der Waals surface area contributed by atoms with E-state index >= 15 is 0 Å². The number of ether oxygens (including phenoxy) is 1. The Bertz CT molecular complexity index is 667. The van der Waals surface area contributed by atoms with Gasteiger partial charge in [0.2, 0.25) is 0 Å². The summed E-state index contributed by atoms with van der Waals surface area (Å²) in [5, 5.41) is 0. The smallest absolute Gasteiger partial charge is 0.195 e. The minimum absolute atomic E-state index is 0.0852. The number of carbonyl (C=O) groups excluding carboxylic acids is 1. The van der Waals surface area contributed by atoms with E-state index in [-0.39, 0.29) is 11.3 Å². The monoisotopic (exact) mass is 320 g/mol. The maximum atomic E-state index is 13.8. The van der Waals surface area contributed by atoms with E-state index in [2.05, 4.69) is 15.9 Å². The lowest BCUT2D eigenvalue weighted by atomic mass is 9.99. The molecule has 4 heteroatoms. The van der Waals surface area contributed by atoms with Crippen LogP contribution in [0, 0.1) is 5.82 Å². The van der Waals surface area contributed by atoms with Crippen molar-refractivity contribution in [2.75, 3.05) is 0 Å². The highest BCUT2D eigenvalue weighted by atomic mass is 79.9. The molecular formula is C15H10BrFO2. The molecule has 2 nitrogen and oxygen atoms in total. The number of ketones is 1. The Morgan fingerprint density at radius 2 is 1.89 bits per heavy atom. The number of carbonyl (C=O) groups is 1. The summed E-state index contributed by atoms with van der Waals surface area (Å²) in [6.45, 7) is 1.09. The van der Waals surface area contributed by atoms with Crippen molar-refractivity contribution in [1.82, 2.24) is 0 Å². The largest absolute Gasteiger partial charge is 0.372 e. The zero-order chi connectivity index (χ0) is 13.4. The van der Waals surface area contributed by atoms with Gasteiger partial charge < -0.3 is 4.74 Å². The van der Waals surface area contributed by atoms with Gasteiger partial charge in [-0.3, -0.25) is 4.79 Å². The third-order valence-electron chi connectivity index (χ3n) is 3.16. The molecule has 0 bridgehead atoms. The highest BCUT2D eigenvalue weighted by Gasteiger charge is 2.17. The number of hydrogen-bond acceptors (Lipinski definition) is 2. The normalized spacial score (nSPS) is 13.4. The number of rotatable bonds is 2. The van der Waals surface area contributed by atoms with E-state index < -0.39 is 5.82 Å². The second-order valence-electron chi connectivity index (χ2n) is 4.43. The molecule has 96 valence electrons. The molecule has 0 unspecified atom stereocenters. The first-order chi connectivity index (χ1) is 9.15. The van der Waals surface area contributed by atoms with Gasteiger partial charge in [-0.2, -0.15) is 0 Å². The second kappa shape index (κ2) is 4.87. The van der Waals surface area contributed by atoms with Gasteiger partial charge in [0.05, 0.1) is 18.8 Å². The topological polar surface area (TPSA) is 26.3 Å². The van der Waals surface area contributed by atoms with E-state index in [9.17, 15) is 9.18 Å². The summed E-state index contributed by atoms with van der Waals surface area (Å²) >= 11 is 3.17. The standard InChI is InChI=1S/C15H10BrFO2/c16-12-3-4-13(14(17)6-12)15(18)9-1-2-10-7-19-8-11(10)5-9/h1-6H,7-8H2. The number of halogens is 2. The Morgan fingerprint density at radius 3 is 2.68 bits per heavy atom. The van der Waals surface area contributed by atoms with E-state index in [1.807, 2.05) is 6.07 Å². The fourth-order valence-electron chi connectivity index (χ4n) is 2.14. The van der Waals surface area contributed by atoms with Crippen molar-refractivity contribution < 1.29 is 13.9 Å². The van der Waals surface area contributed by atoms with Crippen molar-refractivity contribution in [2.24, 2.45) is 0 Å². The highest BCUT2D eigenvalue weighted by Crippen LogP contribution is 2.23. The lowest BCUT2D eigenvalue weighted by molar-refractivity contribution is 0.103. The summed E-state index contributed by atoms with van der Waals surface area (Å²) in [6, 6.07) is 9.82. The van der Waals surface area contributed by atoms with Gasteiger partial charge in [-0.15, -0.1) is 0 Å². The van der Waals surface area contributed by atoms with Crippen molar-refractivity contribution in [3.05, 3.63) is 68.9 Å². The molecule has 0 aliphatic carbocycles. The minimum atomic E-state index is -0.517. The zero-order valence-electron chi connectivity index (χ0n) is 9.95. The fraction of sp³-hybridized carbons (Fsp3) is 0.133. The summed E-state index contributed by atoms with van der Waals surface area (Å²) in [5.74, 6) is -0.823. The Kier molecular flexibility index (Phi) is 3.21. The molecule has 0 saturated carbocycles. The third-order valence-corrected chi connectivity index (χ3v) is 3.65. The Labute approximate surface area is 118 Å². The maximum Gasteiger partial charge on any atom is 0.195 e. The molecule has 2 aromatic rings. The molecule has 0 saturated heterocycles. The molecule has 19 heavy (non-hydrogen) atoms. The minimum Gasteiger partial charge on any atom is -0.372 e. The van der Waals surface area contributed by atoms with E-state index in [0.717, 1.165) is 11.1 Å². The van der Waals surface area contributed by atoms with Crippen LogP contribution in [0.5, 0.6) is 0 Å². The van der Waals surface area contributed by atoms with E-state index in [1.165, 1.54) is 12.1 Å². The SMILES string of the molecule is O=C(c1ccc2c(c1)COC2)c1ccc(Br)cc1F. The lowest BCUT2D eigenvalue weighted by Crippen LogP contribution is -2.05. The zero-order valence-corrected chi connectivity index (χ0v) is 11.5. The van der Waals surface area contributed by atoms with Gasteiger partial charge in [0.15, 0.2) is 5.78 Å². The molecule has 0 N–H and O–H groups in total. The molecule has 3 rings (SSSR count). The number of fused-ring (bicyclic) bond motifs is 1. The van der Waals surface area contributed by atoms with Gasteiger partial charge in [0, 0.05) is 10.0 Å². The average molecular weight is 321 g/mol. The van der Waals surface area contributed by atoms with Gasteiger partial charge in [-0.25, -0.2) is 4.39 Å². The molecule has 0 amide bonds. The van der Waals surface area contributed by atoms with Crippen molar-refractivity contribution >= 4 is 21.7 Å². The number of benzene rings is 2. The first-order valence-corrected chi connectivity index (χ1v) is 6.64. The molecule has 1 aliphatic rings. The molecule has 1 heterocycles. The predicted molar refractivity (Wildman–Crippen MR) is 72.5 cm³/mol. The molecule has 0 aromatic heterocycles. The van der Waals surface area contributed by atoms with Gasteiger partial charge >= 0.3 is 0 Å². The van der Waals surface area contributed by atoms with Crippen LogP contribution in [0.15, 0.2) is 40.9 Å². The highest BCUT2D eigenvalue weighted by molar-refractivity contribution is 9.10. The van der Waals surface area contributed by atoms with Crippen LogP contribution in [-0.2, 0) is 18.0 Å². The molecule has 2 aromatic carbocycles. The van der Waals surface area contributed by atoms with Crippen LogP contribution in [0.25, 0.3) is 0 Å². The number of hydrogen-bond donors (Lipinski definition) is 0. The maximum absolute atomic E-state index is 13.8. The third kappa shape index (κ3) is 2.33. The van der Waals surface area contributed by atoms with Gasteiger partial charge in [0.25, 0.3) is 0 Å². The van der Waals surface area contributed by atoms with E-state index in [1.54, 1.807) is 18.2 Å². The van der Waals surface area contributed by atoms with E-state index in [4.69, 9.17) is 4.74 Å². The molecule has 0 spiro atoms. The lowest BCUT2D eigenvalue weighted by Gasteiger charge is -2.05. The second-order valence-corrected chi connectivity index (χ2v) is 5.35.